The summed E-state index contributed by atoms with van der Waals surface area (Å²) >= 11 is 4.22. The monoisotopic (exact) mass is 154 g/mol. The molecule has 0 fully saturated rings. The van der Waals surface area contributed by atoms with Gasteiger partial charge < -0.3 is 4.74 Å². The van der Waals surface area contributed by atoms with Crippen LogP contribution in [0.25, 0.3) is 0 Å². The van der Waals surface area contributed by atoms with Crippen molar-refractivity contribution < 1.29 is 13.5 Å². The molecule has 54 valence electrons. The second-order valence-corrected chi connectivity index (χ2v) is 1.98. The Balaban J connectivity index is 3.74. The first-order valence-electron chi connectivity index (χ1n) is 2.53. The average Bonchev–Trinajstić information content (AvgIpc) is 1.64. The number of rotatable bonds is 2. The normalized spacial score (nSPS) is 11.1. The average molecular weight is 154 g/mol. The molecule has 0 aromatic heterocycles. The van der Waals surface area contributed by atoms with E-state index in [0.717, 1.165) is 0 Å². The molecule has 0 amide bonds. The molecular weight excluding hydrogens is 146 g/mol. The number of hydrogen-bond donors (Lipinski definition) is 0. The molecule has 0 saturated heterocycles. The molecule has 0 aliphatic carbocycles. The second kappa shape index (κ2) is 3.06. The van der Waals surface area contributed by atoms with Gasteiger partial charge in [-0.05, 0) is 19.1 Å². The molecule has 0 heterocycles. The van der Waals surface area contributed by atoms with Crippen LogP contribution >= 0.6 is 12.2 Å². The van der Waals surface area contributed by atoms with Gasteiger partial charge in [0.25, 0.3) is 0 Å². The van der Waals surface area contributed by atoms with E-state index in [4.69, 9.17) is 0 Å². The molecule has 0 atom stereocenters. The quantitative estimate of drug-likeness (QED) is 0.562. The van der Waals surface area contributed by atoms with Crippen molar-refractivity contribution in [3.8, 4) is 0 Å². The summed E-state index contributed by atoms with van der Waals surface area (Å²) in [5, 5.41) is -0.634. The molecule has 0 rings (SSSR count). The zero-order chi connectivity index (χ0) is 7.49. The Labute approximate surface area is 58.0 Å². The van der Waals surface area contributed by atoms with Gasteiger partial charge in [-0.15, -0.1) is 0 Å². The number of ether oxygens (including phenoxy) is 1. The van der Waals surface area contributed by atoms with Gasteiger partial charge in [0.1, 0.15) is 0 Å². The van der Waals surface area contributed by atoms with Crippen molar-refractivity contribution in [1.29, 1.82) is 0 Å². The van der Waals surface area contributed by atoms with Crippen LogP contribution in [0.1, 0.15) is 13.8 Å². The van der Waals surface area contributed by atoms with Gasteiger partial charge in [0.05, 0.1) is 6.61 Å². The molecule has 0 aromatic rings. The third-order valence-electron chi connectivity index (χ3n) is 0.634. The molecule has 4 heteroatoms. The summed E-state index contributed by atoms with van der Waals surface area (Å²) in [6.07, 6.45) is 0. The Bertz CT molecular complexity index is 108. The first-order chi connectivity index (χ1) is 3.98. The highest BCUT2D eigenvalue weighted by Crippen LogP contribution is 2.14. The van der Waals surface area contributed by atoms with Crippen molar-refractivity contribution in [2.45, 2.75) is 19.8 Å². The highest BCUT2D eigenvalue weighted by Gasteiger charge is 2.29. The Kier molecular flexibility index (Phi) is 2.97. The van der Waals surface area contributed by atoms with Crippen LogP contribution in [0.3, 0.4) is 0 Å². The summed E-state index contributed by atoms with van der Waals surface area (Å²) in [6, 6.07) is 0. The third kappa shape index (κ3) is 3.35. The summed E-state index contributed by atoms with van der Waals surface area (Å²) in [6.45, 7) is 2.52. The van der Waals surface area contributed by atoms with Crippen LogP contribution in [0.4, 0.5) is 8.78 Å². The lowest BCUT2D eigenvalue weighted by Crippen LogP contribution is -2.24. The van der Waals surface area contributed by atoms with Crippen LogP contribution in [-0.4, -0.2) is 17.6 Å². The number of thiocarbonyl (C=S) groups is 1. The summed E-state index contributed by atoms with van der Waals surface area (Å²) < 4.78 is 28.5. The fraction of sp³-hybridized carbons (Fsp3) is 0.800. The van der Waals surface area contributed by atoms with E-state index < -0.39 is 11.0 Å². The van der Waals surface area contributed by atoms with E-state index in [1.807, 2.05) is 0 Å². The first-order valence-corrected chi connectivity index (χ1v) is 2.94. The number of hydrogen-bond acceptors (Lipinski definition) is 2. The zero-order valence-corrected chi connectivity index (χ0v) is 6.10. The van der Waals surface area contributed by atoms with Crippen LogP contribution in [0, 0.1) is 0 Å². The van der Waals surface area contributed by atoms with Gasteiger partial charge in [-0.2, -0.15) is 8.78 Å². The molecule has 9 heavy (non-hydrogen) atoms. The van der Waals surface area contributed by atoms with E-state index in [1.54, 1.807) is 6.92 Å². The minimum Gasteiger partial charge on any atom is -0.482 e. The molecule has 1 nitrogen and oxygen atoms in total. The van der Waals surface area contributed by atoms with Crippen LogP contribution in [0.2, 0.25) is 0 Å². The van der Waals surface area contributed by atoms with E-state index in [-0.39, 0.29) is 6.61 Å². The molecule has 0 saturated carbocycles. The molecule has 0 aliphatic heterocycles. The molecule has 0 unspecified atom stereocenters. The SMILES string of the molecule is CCOC(=S)C(C)(F)F. The molecule has 0 bridgehead atoms. The van der Waals surface area contributed by atoms with Gasteiger partial charge in [-0.3, -0.25) is 0 Å². The summed E-state index contributed by atoms with van der Waals surface area (Å²) in [5.74, 6) is -2.98. The second-order valence-electron chi connectivity index (χ2n) is 1.61. The summed E-state index contributed by atoms with van der Waals surface area (Å²) in [4.78, 5) is 0. The highest BCUT2D eigenvalue weighted by atomic mass is 32.1. The van der Waals surface area contributed by atoms with Crippen molar-refractivity contribution in [1.82, 2.24) is 0 Å². The van der Waals surface area contributed by atoms with Crippen molar-refractivity contribution >= 4 is 17.3 Å². The first kappa shape index (κ1) is 8.75. The topological polar surface area (TPSA) is 9.23 Å². The Morgan fingerprint density at radius 3 is 2.22 bits per heavy atom. The van der Waals surface area contributed by atoms with Crippen LogP contribution in [0.15, 0.2) is 0 Å². The number of halogens is 2. The zero-order valence-electron chi connectivity index (χ0n) is 5.28. The molecule has 0 aliphatic rings. The van der Waals surface area contributed by atoms with Crippen molar-refractivity contribution in [3.63, 3.8) is 0 Å². The van der Waals surface area contributed by atoms with Crippen LogP contribution in [0.5, 0.6) is 0 Å². The van der Waals surface area contributed by atoms with Crippen molar-refractivity contribution in [3.05, 3.63) is 0 Å². The third-order valence-corrected chi connectivity index (χ3v) is 1.11. The predicted octanol–water partition coefficient (Wildman–Crippen LogP) is 2.01. The molecule has 0 radical (unpaired) electrons. The molecule has 0 spiro atoms. The van der Waals surface area contributed by atoms with Gasteiger partial charge >= 0.3 is 5.92 Å². The lowest BCUT2D eigenvalue weighted by Gasteiger charge is -2.10. The minimum atomic E-state index is -2.98. The van der Waals surface area contributed by atoms with Gasteiger partial charge in [-0.1, -0.05) is 0 Å². The minimum absolute atomic E-state index is 0.197. The Morgan fingerprint density at radius 1 is 1.67 bits per heavy atom. The van der Waals surface area contributed by atoms with E-state index >= 15 is 0 Å². The maximum absolute atomic E-state index is 12.0. The van der Waals surface area contributed by atoms with E-state index in [2.05, 4.69) is 17.0 Å². The molecular formula is C5H8F2OS. The maximum atomic E-state index is 12.0. The summed E-state index contributed by atoms with van der Waals surface area (Å²) in [7, 11) is 0. The Morgan fingerprint density at radius 2 is 2.11 bits per heavy atom. The standard InChI is InChI=1S/C5H8F2OS/c1-3-8-4(9)5(2,6)7/h3H2,1-2H3. The maximum Gasteiger partial charge on any atom is 0.311 e. The molecule has 0 aromatic carbocycles. The Hall–Kier alpha value is -0.250. The fourth-order valence-corrected chi connectivity index (χ4v) is 0.376. The largest absolute Gasteiger partial charge is 0.482 e. The van der Waals surface area contributed by atoms with Gasteiger partial charge in [0.15, 0.2) is 0 Å². The van der Waals surface area contributed by atoms with Crippen LogP contribution in [-0.2, 0) is 4.74 Å². The van der Waals surface area contributed by atoms with Gasteiger partial charge in [0.2, 0.25) is 5.05 Å². The van der Waals surface area contributed by atoms with Crippen LogP contribution < -0.4 is 0 Å². The molecule has 0 N–H and O–H groups in total. The highest BCUT2D eigenvalue weighted by molar-refractivity contribution is 7.80. The number of alkyl halides is 2. The van der Waals surface area contributed by atoms with Crippen molar-refractivity contribution in [2.75, 3.05) is 6.61 Å². The lowest BCUT2D eigenvalue weighted by molar-refractivity contribution is 0.0722. The summed E-state index contributed by atoms with van der Waals surface area (Å²) in [5.41, 5.74) is 0. The predicted molar refractivity (Wildman–Crippen MR) is 34.8 cm³/mol. The van der Waals surface area contributed by atoms with E-state index in [9.17, 15) is 8.78 Å². The fourth-order valence-electron chi connectivity index (χ4n) is 0.258. The van der Waals surface area contributed by atoms with E-state index in [0.29, 0.717) is 6.92 Å². The van der Waals surface area contributed by atoms with E-state index in [1.165, 1.54) is 0 Å². The van der Waals surface area contributed by atoms with Gasteiger partial charge in [0, 0.05) is 6.92 Å². The van der Waals surface area contributed by atoms with Gasteiger partial charge in [-0.25, -0.2) is 0 Å². The van der Waals surface area contributed by atoms with Crippen molar-refractivity contribution in [2.24, 2.45) is 0 Å². The smallest absolute Gasteiger partial charge is 0.311 e. The lowest BCUT2D eigenvalue weighted by atomic mass is 10.4.